The molecular weight excluding hydrogens is 1460 g/mol. The highest BCUT2D eigenvalue weighted by Crippen LogP contribution is 2.43. The van der Waals surface area contributed by atoms with Crippen LogP contribution in [0.5, 0.6) is 0 Å². The molecule has 0 unspecified atom stereocenters. The quantitative estimate of drug-likeness (QED) is 0.0558. The van der Waals surface area contributed by atoms with E-state index in [9.17, 15) is 54.7 Å². The van der Waals surface area contributed by atoms with E-state index in [1.165, 1.54) is 23.5 Å². The monoisotopic (exact) mass is 1530 g/mol. The van der Waals surface area contributed by atoms with Crippen LogP contribution in [0.4, 0.5) is 11.6 Å². The number of nitrogens with one attached hydrogen (secondary N) is 4. The van der Waals surface area contributed by atoms with Gasteiger partial charge in [0, 0.05) is 160 Å². The molecule has 0 aliphatic carbocycles. The first kappa shape index (κ1) is 74.5. The first-order valence-electron chi connectivity index (χ1n) is 33.8. The summed E-state index contributed by atoms with van der Waals surface area (Å²) in [6.07, 6.45) is 28.5. The van der Waals surface area contributed by atoms with Crippen molar-refractivity contribution in [3.63, 3.8) is 0 Å². The Morgan fingerprint density at radius 1 is 0.491 bits per heavy atom. The number of fused-ring (bicyclic) bond motifs is 4. The van der Waals surface area contributed by atoms with Crippen molar-refractivity contribution >= 4 is 95.9 Å². The first-order chi connectivity index (χ1) is 51.7. The molecule has 4 aliphatic rings. The van der Waals surface area contributed by atoms with Crippen LogP contribution in [0.15, 0.2) is 135 Å². The molecular formula is C70H70N26O8S4. The molecule has 0 radical (unpaired) electrons. The van der Waals surface area contributed by atoms with Crippen LogP contribution in [0.25, 0.3) is 98.5 Å². The minimum Gasteiger partial charge on any atom is -0.394 e. The summed E-state index contributed by atoms with van der Waals surface area (Å²) in [5.74, 6) is 0.0863. The molecule has 0 spiro atoms. The number of nitrogens with zero attached hydrogens (tertiary/aromatic N) is 22. The zero-order chi connectivity index (χ0) is 76.8. The van der Waals surface area contributed by atoms with Crippen LogP contribution in [-0.4, -0.2) is 205 Å². The van der Waals surface area contributed by atoms with Crippen LogP contribution in [-0.2, 0) is 62.2 Å². The van der Waals surface area contributed by atoms with E-state index in [-0.39, 0.29) is 95.5 Å². The lowest BCUT2D eigenvalue weighted by molar-refractivity contribution is 0.0711. The van der Waals surface area contributed by atoms with Crippen LogP contribution in [0.1, 0.15) is 53.4 Å². The summed E-state index contributed by atoms with van der Waals surface area (Å²) in [7, 11) is -13.2. The second kappa shape index (κ2) is 28.8. The van der Waals surface area contributed by atoms with Crippen LogP contribution < -0.4 is 0 Å². The maximum atomic E-state index is 12.4. The van der Waals surface area contributed by atoms with Gasteiger partial charge in [-0.05, 0) is 86.8 Å². The largest absolute Gasteiger partial charge is 0.394 e. The smallest absolute Gasteiger partial charge is 0.374 e. The number of hydrogen-bond acceptors (Lipinski definition) is 20. The summed E-state index contributed by atoms with van der Waals surface area (Å²) in [6.45, 7) is 23.2. The Morgan fingerprint density at radius 2 is 0.917 bits per heavy atom. The van der Waals surface area contributed by atoms with Crippen molar-refractivity contribution in [1.82, 2.24) is 96.0 Å². The second-order valence-electron chi connectivity index (χ2n) is 27.1. The van der Waals surface area contributed by atoms with E-state index in [0.717, 1.165) is 66.2 Å². The molecule has 38 heteroatoms. The first-order valence-corrected chi connectivity index (χ1v) is 40.4. The van der Waals surface area contributed by atoms with Crippen molar-refractivity contribution in [1.29, 1.82) is 21.0 Å². The lowest BCUT2D eigenvalue weighted by Crippen LogP contribution is -2.65. The number of hydrogen-bond donors (Lipinski definition) is 4. The molecule has 552 valence electrons. The third kappa shape index (κ3) is 13.6. The van der Waals surface area contributed by atoms with Gasteiger partial charge < -0.3 is 29.3 Å². The van der Waals surface area contributed by atoms with Crippen molar-refractivity contribution in [2.45, 2.75) is 80.8 Å². The van der Waals surface area contributed by atoms with Crippen LogP contribution >= 0.6 is 0 Å². The highest BCUT2D eigenvalue weighted by molar-refractivity contribution is 7.90. The minimum absolute atomic E-state index is 0.0196. The van der Waals surface area contributed by atoms with Crippen molar-refractivity contribution in [3.8, 4) is 68.9 Å². The maximum absolute atomic E-state index is 12.4. The van der Waals surface area contributed by atoms with Crippen LogP contribution in [0.2, 0.25) is 0 Å². The third-order valence-corrected chi connectivity index (χ3v) is 27.0. The molecule has 12 aromatic heterocycles. The number of rotatable bonds is 19. The standard InChI is InChI=1S/C19H18N6O2S.C18H20N6O2S.C17H16N8O2S.C16H16N6O2S/c1-3-28(26,27)25-12-19(13-25,6-7-20)24-9-5-14(11-24)17-15-4-8-22-18(15)23-10-16(17)21-2;1-13(2)27(25,26)23-11-18(12-23,5-6-19)24-10-14(9-22-24)15-3-7-20-17-16(15)4-8-21-17;1-3-28(26,27)24-10-17(11-24,5-6-18)25-9-12(8-21-25)14-13-4-7-20-15(13)23-16(19-2)22-14;1-25(23,24)21-10-16(11-21,4-5-17)22-9-12(8-20-22)13-2-6-18-15-14(13)3-7-19-15/h4-5,8-11H,3,6,12-13H2,1H3,(H,22,23);3-4,7-10,13H,5,11-12H2,1-2H3,(H,20,21);4,7-9H,3,5,10-11H2,1H3,(H,20,22,23);2-3,6-9H,4,10-11H2,1H3,(H,18,19). The summed E-state index contributed by atoms with van der Waals surface area (Å²) < 4.78 is 109. The van der Waals surface area contributed by atoms with Gasteiger partial charge in [-0.15, -0.1) is 16.5 Å². The van der Waals surface area contributed by atoms with E-state index in [4.69, 9.17) is 13.1 Å². The van der Waals surface area contributed by atoms with Crippen LogP contribution in [0, 0.1) is 58.5 Å². The Morgan fingerprint density at radius 3 is 1.38 bits per heavy atom. The number of aromatic nitrogens is 16. The Bertz CT molecular complexity index is 6190. The molecule has 16 heterocycles. The topological polar surface area (TPSA) is 439 Å². The Balaban J connectivity index is 0.000000127. The molecule has 108 heavy (non-hydrogen) atoms. The Labute approximate surface area is 621 Å². The van der Waals surface area contributed by atoms with E-state index in [1.54, 1.807) is 97.5 Å². The van der Waals surface area contributed by atoms with E-state index in [1.807, 2.05) is 84.2 Å². The summed E-state index contributed by atoms with van der Waals surface area (Å²) in [6, 6.07) is 22.0. The van der Waals surface area contributed by atoms with Gasteiger partial charge in [-0.3, -0.25) is 19.0 Å². The fraction of sp³-hybridized carbons (Fsp3) is 0.343. The Hall–Kier alpha value is -11.8. The molecule has 4 saturated heterocycles. The zero-order valence-electron chi connectivity index (χ0n) is 58.9. The van der Waals surface area contributed by atoms with Gasteiger partial charge in [-0.25, -0.2) is 48.5 Å². The number of nitriles is 4. The molecule has 0 atom stereocenters. The molecule has 12 aromatic rings. The van der Waals surface area contributed by atoms with Gasteiger partial charge in [0.25, 0.3) is 0 Å². The van der Waals surface area contributed by atoms with E-state index < -0.39 is 67.5 Å². The molecule has 4 fully saturated rings. The highest BCUT2D eigenvalue weighted by Gasteiger charge is 2.53. The molecule has 0 aromatic carbocycles. The predicted octanol–water partition coefficient (Wildman–Crippen LogP) is 7.90. The number of H-pyrrole nitrogens is 4. The predicted molar refractivity (Wildman–Crippen MR) is 399 cm³/mol. The lowest BCUT2D eigenvalue weighted by atomic mass is 9.89. The molecule has 16 rings (SSSR count). The summed E-state index contributed by atoms with van der Waals surface area (Å²) >= 11 is 0. The van der Waals surface area contributed by atoms with Crippen molar-refractivity contribution in [2.75, 3.05) is 70.1 Å². The van der Waals surface area contributed by atoms with E-state index in [2.05, 4.69) is 94.1 Å². The highest BCUT2D eigenvalue weighted by atomic mass is 32.2. The molecule has 0 saturated carbocycles. The normalized spacial score (nSPS) is 16.8. The van der Waals surface area contributed by atoms with Gasteiger partial charge in [0.1, 0.15) is 39.3 Å². The van der Waals surface area contributed by atoms with Gasteiger partial charge >= 0.3 is 5.95 Å². The van der Waals surface area contributed by atoms with Crippen molar-refractivity contribution in [3.05, 3.63) is 158 Å². The fourth-order valence-corrected chi connectivity index (χ4v) is 18.7. The summed E-state index contributed by atoms with van der Waals surface area (Å²) in [5.41, 5.74) is 7.41. The third-order valence-electron chi connectivity index (χ3n) is 20.1. The van der Waals surface area contributed by atoms with E-state index in [0.29, 0.717) is 28.2 Å². The lowest BCUT2D eigenvalue weighted by Gasteiger charge is -2.49. The van der Waals surface area contributed by atoms with Crippen molar-refractivity contribution in [2.24, 2.45) is 0 Å². The minimum atomic E-state index is -3.33. The van der Waals surface area contributed by atoms with Crippen molar-refractivity contribution < 1.29 is 33.7 Å². The molecule has 4 N–H and O–H groups in total. The van der Waals surface area contributed by atoms with Crippen LogP contribution in [0.3, 0.4) is 0 Å². The summed E-state index contributed by atoms with van der Waals surface area (Å²) in [5, 5.41) is 53.4. The maximum Gasteiger partial charge on any atom is 0.374 e. The van der Waals surface area contributed by atoms with Gasteiger partial charge in [0.05, 0.1) is 115 Å². The molecule has 0 bridgehead atoms. The molecule has 0 amide bonds. The fourth-order valence-electron chi connectivity index (χ4n) is 13.9. The zero-order valence-corrected chi connectivity index (χ0v) is 62.2. The van der Waals surface area contributed by atoms with Gasteiger partial charge in [-0.1, -0.05) is 0 Å². The SMILES string of the molecule is CC(C)S(=O)(=O)N1CC(CC#N)(n2cc(-c3ccnc4[nH]ccc34)cn2)C1.CS(=O)(=O)N1CC(CC#N)(n2cc(-c3ccnc4[nH]ccc34)cn2)C1.[C-]#[N+]c1cnc2[nH]ccc2c1-c1ccn(C2(CC#N)CN(S(=O)(=O)CC)C2)c1.[C-]#[N+]c1nc(-c2cnn(C3(CC#N)CN(S(=O)(=O)CC)C3)c2)c2cc[nH]c2n1. The number of pyridine rings is 3. The van der Waals surface area contributed by atoms with Gasteiger partial charge in [0.15, 0.2) is 0 Å². The average molecular weight is 1530 g/mol. The Kier molecular flexibility index (Phi) is 19.9. The van der Waals surface area contributed by atoms with Gasteiger partial charge in [-0.2, -0.15) is 53.6 Å². The summed E-state index contributed by atoms with van der Waals surface area (Å²) in [4.78, 5) is 40.4. The molecule has 34 nitrogen and oxygen atoms in total. The van der Waals surface area contributed by atoms with Gasteiger partial charge in [0.2, 0.25) is 51.4 Å². The second-order valence-corrected chi connectivity index (χ2v) is 36.1. The number of sulfonamides is 4. The van der Waals surface area contributed by atoms with E-state index >= 15 is 0 Å². The number of aromatic amines is 4. The molecule has 4 aliphatic heterocycles. The average Bonchev–Trinajstić information content (AvgIpc) is 1.34.